The molecular formula is C17H16FN3O2S. The molecule has 1 aliphatic heterocycles. The number of allylic oxidation sites excluding steroid dienone is 1. The van der Waals surface area contributed by atoms with E-state index in [2.05, 4.69) is 15.3 Å². The standard InChI is InChI=1S/C17H16FN3O2S/c1-9-11(5-4-6-12(9)18)14-13(17(22)23-3)10(2)20-15(21-14)16-19-7-8-24-16/h4-8,14H,1-3H3,(H,20,21). The maximum absolute atomic E-state index is 14.0. The van der Waals surface area contributed by atoms with Crippen molar-refractivity contribution in [1.29, 1.82) is 0 Å². The molecule has 0 saturated heterocycles. The van der Waals surface area contributed by atoms with E-state index in [4.69, 9.17) is 4.74 Å². The van der Waals surface area contributed by atoms with Gasteiger partial charge in [0.15, 0.2) is 10.8 Å². The second-order valence-electron chi connectivity index (χ2n) is 5.33. The number of esters is 1. The number of hydrogen-bond acceptors (Lipinski definition) is 6. The van der Waals surface area contributed by atoms with Gasteiger partial charge in [-0.05, 0) is 31.0 Å². The van der Waals surface area contributed by atoms with Crippen molar-refractivity contribution in [2.75, 3.05) is 7.11 Å². The lowest BCUT2D eigenvalue weighted by Crippen LogP contribution is -2.32. The van der Waals surface area contributed by atoms with Crippen molar-refractivity contribution in [3.8, 4) is 0 Å². The van der Waals surface area contributed by atoms with Gasteiger partial charge in [0.2, 0.25) is 0 Å². The van der Waals surface area contributed by atoms with Crippen molar-refractivity contribution in [2.45, 2.75) is 19.9 Å². The third kappa shape index (κ3) is 2.82. The lowest BCUT2D eigenvalue weighted by Gasteiger charge is -2.26. The van der Waals surface area contributed by atoms with E-state index in [0.29, 0.717) is 33.2 Å². The second-order valence-corrected chi connectivity index (χ2v) is 6.22. The van der Waals surface area contributed by atoms with E-state index in [0.717, 1.165) is 0 Å². The number of hydrogen-bond donors (Lipinski definition) is 1. The molecule has 0 spiro atoms. The highest BCUT2D eigenvalue weighted by Gasteiger charge is 2.32. The Bertz CT molecular complexity index is 844. The Labute approximate surface area is 142 Å². The van der Waals surface area contributed by atoms with Crippen molar-refractivity contribution in [3.63, 3.8) is 0 Å². The molecule has 124 valence electrons. The van der Waals surface area contributed by atoms with Crippen LogP contribution in [-0.4, -0.2) is 23.9 Å². The lowest BCUT2D eigenvalue weighted by atomic mass is 9.92. The van der Waals surface area contributed by atoms with E-state index >= 15 is 0 Å². The number of aromatic nitrogens is 1. The first-order valence-corrected chi connectivity index (χ1v) is 8.19. The number of methoxy groups -OCH3 is 1. The van der Waals surface area contributed by atoms with Gasteiger partial charge in [0.25, 0.3) is 0 Å². The number of aliphatic imine (C=N–C) groups is 1. The Morgan fingerprint density at radius 2 is 2.17 bits per heavy atom. The van der Waals surface area contributed by atoms with Crippen LogP contribution in [0.25, 0.3) is 0 Å². The molecule has 1 N–H and O–H groups in total. The van der Waals surface area contributed by atoms with Gasteiger partial charge in [0.05, 0.1) is 12.7 Å². The van der Waals surface area contributed by atoms with Crippen molar-refractivity contribution in [2.24, 2.45) is 4.99 Å². The smallest absolute Gasteiger partial charge is 0.338 e. The Hall–Kier alpha value is -2.54. The highest BCUT2D eigenvalue weighted by atomic mass is 32.1. The zero-order valence-electron chi connectivity index (χ0n) is 13.5. The summed E-state index contributed by atoms with van der Waals surface area (Å²) in [6.45, 7) is 3.45. The third-order valence-corrected chi connectivity index (χ3v) is 4.67. The molecule has 24 heavy (non-hydrogen) atoms. The molecular weight excluding hydrogens is 329 g/mol. The summed E-state index contributed by atoms with van der Waals surface area (Å²) in [6, 6.07) is 4.13. The largest absolute Gasteiger partial charge is 0.466 e. The first kappa shape index (κ1) is 16.3. The van der Waals surface area contributed by atoms with Crippen LogP contribution in [0.1, 0.15) is 29.1 Å². The zero-order valence-corrected chi connectivity index (χ0v) is 14.3. The van der Waals surface area contributed by atoms with Crippen LogP contribution in [0.15, 0.2) is 46.0 Å². The topological polar surface area (TPSA) is 63.6 Å². The minimum Gasteiger partial charge on any atom is -0.466 e. The van der Waals surface area contributed by atoms with Gasteiger partial charge in [-0.25, -0.2) is 14.2 Å². The highest BCUT2D eigenvalue weighted by molar-refractivity contribution is 7.11. The molecule has 0 aliphatic carbocycles. The molecule has 5 nitrogen and oxygen atoms in total. The minimum atomic E-state index is -0.645. The molecule has 0 fully saturated rings. The van der Waals surface area contributed by atoms with Crippen LogP contribution in [0.4, 0.5) is 4.39 Å². The Balaban J connectivity index is 2.16. The predicted molar refractivity (Wildman–Crippen MR) is 90.4 cm³/mol. The number of carbonyl (C=O) groups excluding carboxylic acids is 1. The van der Waals surface area contributed by atoms with Crippen LogP contribution in [-0.2, 0) is 9.53 Å². The summed E-state index contributed by atoms with van der Waals surface area (Å²) >= 11 is 1.43. The molecule has 1 atom stereocenters. The first-order valence-electron chi connectivity index (χ1n) is 7.31. The SMILES string of the molecule is COC(=O)C1=C(C)NC(c2nccs2)=NC1c1cccc(F)c1C. The number of carbonyl (C=O) groups is 1. The van der Waals surface area contributed by atoms with E-state index < -0.39 is 12.0 Å². The van der Waals surface area contributed by atoms with Gasteiger partial charge in [0, 0.05) is 17.3 Å². The van der Waals surface area contributed by atoms with E-state index in [1.807, 2.05) is 5.38 Å². The van der Waals surface area contributed by atoms with Crippen LogP contribution in [0.2, 0.25) is 0 Å². The fraction of sp³-hybridized carbons (Fsp3) is 0.235. The quantitative estimate of drug-likeness (QED) is 0.868. The van der Waals surface area contributed by atoms with Gasteiger partial charge in [-0.3, -0.25) is 4.99 Å². The molecule has 1 aromatic carbocycles. The molecule has 1 unspecified atom stereocenters. The molecule has 0 radical (unpaired) electrons. The summed E-state index contributed by atoms with van der Waals surface area (Å²) in [4.78, 5) is 21.1. The van der Waals surface area contributed by atoms with Gasteiger partial charge >= 0.3 is 5.97 Å². The fourth-order valence-electron chi connectivity index (χ4n) is 2.65. The first-order chi connectivity index (χ1) is 11.5. The van der Waals surface area contributed by atoms with Crippen LogP contribution in [0.5, 0.6) is 0 Å². The summed E-state index contributed by atoms with van der Waals surface area (Å²) in [6.07, 6.45) is 1.68. The molecule has 0 bridgehead atoms. The average molecular weight is 345 g/mol. The van der Waals surface area contributed by atoms with Crippen molar-refractivity contribution >= 4 is 23.1 Å². The lowest BCUT2D eigenvalue weighted by molar-refractivity contribution is -0.136. The van der Waals surface area contributed by atoms with Crippen molar-refractivity contribution in [3.05, 3.63) is 63.0 Å². The average Bonchev–Trinajstić information content (AvgIpc) is 3.10. The van der Waals surface area contributed by atoms with Crippen LogP contribution >= 0.6 is 11.3 Å². The molecule has 3 rings (SSSR count). The monoisotopic (exact) mass is 345 g/mol. The van der Waals surface area contributed by atoms with Crippen molar-refractivity contribution < 1.29 is 13.9 Å². The van der Waals surface area contributed by atoms with Gasteiger partial charge in [-0.1, -0.05) is 12.1 Å². The molecule has 2 heterocycles. The van der Waals surface area contributed by atoms with Crippen LogP contribution in [0.3, 0.4) is 0 Å². The normalized spacial score (nSPS) is 17.3. The van der Waals surface area contributed by atoms with Crippen LogP contribution in [0, 0.1) is 12.7 Å². The minimum absolute atomic E-state index is 0.334. The number of amidine groups is 1. The molecule has 1 aromatic heterocycles. The number of benzene rings is 1. The number of nitrogens with one attached hydrogen (secondary N) is 1. The third-order valence-electron chi connectivity index (χ3n) is 3.89. The van der Waals surface area contributed by atoms with Crippen molar-refractivity contribution in [1.82, 2.24) is 10.3 Å². The van der Waals surface area contributed by atoms with Crippen LogP contribution < -0.4 is 5.32 Å². The number of nitrogens with zero attached hydrogens (tertiary/aromatic N) is 2. The van der Waals surface area contributed by atoms with Gasteiger partial charge in [0.1, 0.15) is 11.9 Å². The molecule has 2 aromatic rings. The summed E-state index contributed by atoms with van der Waals surface area (Å²) in [5.74, 6) is -0.265. The Morgan fingerprint density at radius 3 is 2.83 bits per heavy atom. The number of ether oxygens (including phenoxy) is 1. The maximum Gasteiger partial charge on any atom is 0.338 e. The summed E-state index contributed by atoms with van der Waals surface area (Å²) in [5.41, 5.74) is 2.08. The highest BCUT2D eigenvalue weighted by Crippen LogP contribution is 2.34. The summed E-state index contributed by atoms with van der Waals surface area (Å²) in [7, 11) is 1.32. The zero-order chi connectivity index (χ0) is 17.3. The molecule has 0 saturated carbocycles. The summed E-state index contributed by atoms with van der Waals surface area (Å²) < 4.78 is 18.9. The maximum atomic E-state index is 14.0. The van der Waals surface area contributed by atoms with E-state index in [-0.39, 0.29) is 5.82 Å². The number of thiazole rings is 1. The predicted octanol–water partition coefficient (Wildman–Crippen LogP) is 3.13. The van der Waals surface area contributed by atoms with E-state index in [9.17, 15) is 9.18 Å². The molecule has 1 aliphatic rings. The second kappa shape index (κ2) is 6.52. The van der Waals surface area contributed by atoms with E-state index in [1.54, 1.807) is 32.2 Å². The van der Waals surface area contributed by atoms with E-state index in [1.165, 1.54) is 24.5 Å². The molecule has 0 amide bonds. The molecule has 7 heteroatoms. The van der Waals surface area contributed by atoms with Gasteiger partial charge in [-0.15, -0.1) is 11.3 Å². The van der Waals surface area contributed by atoms with Gasteiger partial charge < -0.3 is 10.1 Å². The Morgan fingerprint density at radius 1 is 1.38 bits per heavy atom. The summed E-state index contributed by atoms with van der Waals surface area (Å²) in [5, 5.41) is 5.65. The Kier molecular flexibility index (Phi) is 4.44. The van der Waals surface area contributed by atoms with Gasteiger partial charge in [-0.2, -0.15) is 0 Å². The number of halogens is 1. The number of rotatable bonds is 3. The fourth-order valence-corrected chi connectivity index (χ4v) is 3.23.